The van der Waals surface area contributed by atoms with Crippen molar-refractivity contribution in [2.75, 3.05) is 18.0 Å². The summed E-state index contributed by atoms with van der Waals surface area (Å²) < 4.78 is 22.7. The molecule has 0 amide bonds. The summed E-state index contributed by atoms with van der Waals surface area (Å²) in [6, 6.07) is 8.73. The number of halogens is 2. The van der Waals surface area contributed by atoms with Crippen LogP contribution < -0.4 is 10.5 Å². The lowest BCUT2D eigenvalue weighted by Crippen LogP contribution is -2.45. The number of rotatable bonds is 5. The van der Waals surface area contributed by atoms with Crippen molar-refractivity contribution in [3.05, 3.63) is 62.9 Å². The van der Waals surface area contributed by atoms with Gasteiger partial charge in [0.05, 0.1) is 51.2 Å². The van der Waals surface area contributed by atoms with Gasteiger partial charge in [0, 0.05) is 31.1 Å². The average Bonchev–Trinajstić information content (AvgIpc) is 3.24. The lowest BCUT2D eigenvalue weighted by atomic mass is 9.93. The maximum absolute atomic E-state index is 15.7. The molecule has 5 rings (SSSR count). The number of aryl methyl sites for hydroxylation is 1. The molecule has 0 atom stereocenters. The van der Waals surface area contributed by atoms with E-state index in [2.05, 4.69) is 28.3 Å². The normalized spacial score (nSPS) is 13.8. The van der Waals surface area contributed by atoms with E-state index in [-0.39, 0.29) is 22.6 Å². The number of fused-ring (bicyclic) bond motifs is 1. The number of esters is 1. The third-order valence-electron chi connectivity index (χ3n) is 6.80. The average molecular weight is 563 g/mol. The number of ether oxygens (including phenoxy) is 1. The van der Waals surface area contributed by atoms with Gasteiger partial charge in [-0.05, 0) is 50.5 Å². The first-order valence-corrected chi connectivity index (χ1v) is 13.2. The fourth-order valence-electron chi connectivity index (χ4n) is 5.07. The number of carbonyl (C=O) groups excluding carboxylic acids is 1. The Hall–Kier alpha value is -4.23. The zero-order valence-corrected chi connectivity index (χ0v) is 23.6. The lowest BCUT2D eigenvalue weighted by Gasteiger charge is -2.40. The van der Waals surface area contributed by atoms with Gasteiger partial charge in [-0.25, -0.2) is 9.49 Å². The van der Waals surface area contributed by atoms with Crippen LogP contribution in [0.15, 0.2) is 35.3 Å². The van der Waals surface area contributed by atoms with Crippen LogP contribution in [0.2, 0.25) is 5.02 Å². The van der Waals surface area contributed by atoms with Gasteiger partial charge in [0.2, 0.25) is 0 Å². The van der Waals surface area contributed by atoms with Crippen LogP contribution in [0, 0.1) is 23.1 Å². The van der Waals surface area contributed by atoms with E-state index in [0.717, 1.165) is 13.1 Å². The largest absolute Gasteiger partial charge is 0.460 e. The molecule has 0 bridgehead atoms. The second-order valence-electron chi connectivity index (χ2n) is 11.1. The summed E-state index contributed by atoms with van der Waals surface area (Å²) in [5, 5.41) is 21.8. The molecule has 11 heteroatoms. The van der Waals surface area contributed by atoms with Crippen molar-refractivity contribution in [3.63, 3.8) is 0 Å². The van der Waals surface area contributed by atoms with Crippen LogP contribution in [-0.2, 0) is 23.0 Å². The number of aromatic amines is 1. The predicted molar refractivity (Wildman–Crippen MR) is 151 cm³/mol. The first-order chi connectivity index (χ1) is 18.9. The fourth-order valence-corrected chi connectivity index (χ4v) is 5.27. The molecular formula is C29H28ClFN6O3. The molecule has 1 saturated heterocycles. The number of benzene rings is 2. The van der Waals surface area contributed by atoms with Crippen LogP contribution >= 0.6 is 11.6 Å². The van der Waals surface area contributed by atoms with Gasteiger partial charge >= 0.3 is 5.97 Å². The number of nitrogens with one attached hydrogen (secondary N) is 1. The van der Waals surface area contributed by atoms with E-state index >= 15 is 4.39 Å². The molecule has 0 radical (unpaired) electrons. The van der Waals surface area contributed by atoms with Crippen LogP contribution in [-0.4, -0.2) is 44.6 Å². The molecule has 40 heavy (non-hydrogen) atoms. The minimum absolute atomic E-state index is 0.0534. The summed E-state index contributed by atoms with van der Waals surface area (Å²) in [5.41, 5.74) is 1.50. The Labute approximate surface area is 235 Å². The molecule has 2 aromatic carbocycles. The summed E-state index contributed by atoms with van der Waals surface area (Å²) in [6.45, 7) is 8.88. The van der Waals surface area contributed by atoms with Gasteiger partial charge < -0.3 is 9.64 Å². The van der Waals surface area contributed by atoms with Crippen molar-refractivity contribution in [1.82, 2.24) is 20.0 Å². The van der Waals surface area contributed by atoms with Gasteiger partial charge in [-0.15, -0.1) is 0 Å². The molecule has 1 aliphatic heterocycles. The summed E-state index contributed by atoms with van der Waals surface area (Å²) in [6.07, 6.45) is 1.41. The number of aromatic nitrogens is 4. The molecule has 0 saturated carbocycles. The second-order valence-corrected chi connectivity index (χ2v) is 11.5. The Morgan fingerprint density at radius 2 is 2.00 bits per heavy atom. The SMILES string of the molecule is CC1CN(c2cc(Cl)c(F)c(-c3c(-c4ccc5c(=O)[nH]nc(CC(=O)OC(C)(C)C)c5c4)cnn3C)c2C#N)C1. The number of anilines is 1. The molecule has 9 nitrogen and oxygen atoms in total. The maximum Gasteiger partial charge on any atom is 0.312 e. The van der Waals surface area contributed by atoms with Crippen LogP contribution in [0.4, 0.5) is 10.1 Å². The number of nitrogens with zero attached hydrogens (tertiary/aromatic N) is 5. The summed E-state index contributed by atoms with van der Waals surface area (Å²) in [5.74, 6) is -0.756. The van der Waals surface area contributed by atoms with E-state index in [4.69, 9.17) is 16.3 Å². The highest BCUT2D eigenvalue weighted by Crippen LogP contribution is 2.43. The minimum atomic E-state index is -0.718. The van der Waals surface area contributed by atoms with Crippen molar-refractivity contribution in [2.45, 2.75) is 39.7 Å². The number of hydrogen-bond donors (Lipinski definition) is 1. The zero-order chi connectivity index (χ0) is 28.9. The van der Waals surface area contributed by atoms with Crippen molar-refractivity contribution < 1.29 is 13.9 Å². The minimum Gasteiger partial charge on any atom is -0.460 e. The molecule has 0 unspecified atom stereocenters. The maximum atomic E-state index is 15.7. The van der Waals surface area contributed by atoms with E-state index in [1.165, 1.54) is 10.7 Å². The standard InChI is InChI=1S/C29H28ClFN6O3/c1-15-13-37(14-15)23-9-21(30)26(31)25(19(23)11-32)27-20(12-33-36(27)5)16-6-7-17-18(8-16)22(34-35-28(17)39)10-24(38)40-29(2,3)4/h6-9,12,15H,10,13-14H2,1-5H3,(H,35,39). The number of H-pyrrole nitrogens is 1. The Morgan fingerprint density at radius 1 is 1.27 bits per heavy atom. The highest BCUT2D eigenvalue weighted by molar-refractivity contribution is 6.31. The van der Waals surface area contributed by atoms with Crippen molar-refractivity contribution >= 4 is 34.0 Å². The summed E-state index contributed by atoms with van der Waals surface area (Å²) >= 11 is 6.36. The first-order valence-electron chi connectivity index (χ1n) is 12.8. The van der Waals surface area contributed by atoms with Crippen LogP contribution in [0.5, 0.6) is 0 Å². The number of nitriles is 1. The Balaban J connectivity index is 1.67. The van der Waals surface area contributed by atoms with Crippen LogP contribution in [0.25, 0.3) is 33.2 Å². The van der Waals surface area contributed by atoms with E-state index in [1.54, 1.807) is 52.2 Å². The molecule has 0 aliphatic carbocycles. The van der Waals surface area contributed by atoms with Gasteiger partial charge in [-0.1, -0.05) is 24.6 Å². The number of hydrogen-bond acceptors (Lipinski definition) is 7. The van der Waals surface area contributed by atoms with Crippen LogP contribution in [0.3, 0.4) is 0 Å². The van der Waals surface area contributed by atoms with Gasteiger partial charge in [0.25, 0.3) is 5.56 Å². The molecule has 4 aromatic rings. The fraction of sp³-hybridized carbons (Fsp3) is 0.345. The van der Waals surface area contributed by atoms with Crippen molar-refractivity contribution in [3.8, 4) is 28.5 Å². The van der Waals surface area contributed by atoms with Gasteiger partial charge in [0.1, 0.15) is 11.7 Å². The molecule has 1 aliphatic rings. The topological polar surface area (TPSA) is 117 Å². The first kappa shape index (κ1) is 27.3. The molecule has 1 fully saturated rings. The van der Waals surface area contributed by atoms with E-state index in [0.29, 0.717) is 44.9 Å². The van der Waals surface area contributed by atoms with Gasteiger partial charge in [-0.3, -0.25) is 14.3 Å². The second kappa shape index (κ2) is 10.1. The molecule has 206 valence electrons. The quantitative estimate of drug-likeness (QED) is 0.340. The summed E-state index contributed by atoms with van der Waals surface area (Å²) in [4.78, 5) is 27.1. The van der Waals surface area contributed by atoms with Crippen molar-refractivity contribution in [2.24, 2.45) is 13.0 Å². The smallest absolute Gasteiger partial charge is 0.312 e. The van der Waals surface area contributed by atoms with E-state index in [9.17, 15) is 14.9 Å². The lowest BCUT2D eigenvalue weighted by molar-refractivity contribution is -0.153. The third-order valence-corrected chi connectivity index (χ3v) is 7.08. The van der Waals surface area contributed by atoms with Gasteiger partial charge in [0.15, 0.2) is 5.82 Å². The monoisotopic (exact) mass is 562 g/mol. The molecule has 1 N–H and O–H groups in total. The van der Waals surface area contributed by atoms with Crippen molar-refractivity contribution in [1.29, 1.82) is 5.26 Å². The zero-order valence-electron chi connectivity index (χ0n) is 22.8. The highest BCUT2D eigenvalue weighted by Gasteiger charge is 2.31. The van der Waals surface area contributed by atoms with E-state index in [1.807, 2.05) is 4.90 Å². The highest BCUT2D eigenvalue weighted by atomic mass is 35.5. The predicted octanol–water partition coefficient (Wildman–Crippen LogP) is 5.00. The molecular weight excluding hydrogens is 535 g/mol. The van der Waals surface area contributed by atoms with E-state index < -0.39 is 22.9 Å². The van der Waals surface area contributed by atoms with Gasteiger partial charge in [-0.2, -0.15) is 15.5 Å². The molecule has 3 heterocycles. The van der Waals surface area contributed by atoms with Crippen LogP contribution in [0.1, 0.15) is 39.0 Å². The third kappa shape index (κ3) is 4.93. The Bertz CT molecular complexity index is 1760. The molecule has 2 aromatic heterocycles. The number of carbonyl (C=O) groups is 1. The summed E-state index contributed by atoms with van der Waals surface area (Å²) in [7, 11) is 1.66. The molecule has 0 spiro atoms. The Kier molecular flexibility index (Phi) is 6.88. The Morgan fingerprint density at radius 3 is 2.65 bits per heavy atom.